The van der Waals surface area contributed by atoms with Gasteiger partial charge >= 0.3 is 0 Å². The van der Waals surface area contributed by atoms with Gasteiger partial charge in [-0.15, -0.1) is 0 Å². The van der Waals surface area contributed by atoms with Crippen LogP contribution in [0.1, 0.15) is 12.5 Å². The van der Waals surface area contributed by atoms with E-state index >= 15 is 0 Å². The van der Waals surface area contributed by atoms with Gasteiger partial charge in [-0.05, 0) is 38.1 Å². The molecule has 1 aliphatic heterocycles. The lowest BCUT2D eigenvalue weighted by Crippen LogP contribution is -2.16. The molecule has 28 heavy (non-hydrogen) atoms. The summed E-state index contributed by atoms with van der Waals surface area (Å²) in [6.45, 7) is 5.11. The first-order valence-corrected chi connectivity index (χ1v) is 10.4. The fourth-order valence-electron chi connectivity index (χ4n) is 2.96. The normalized spacial score (nSPS) is 13.4. The number of oxazole rings is 1. The van der Waals surface area contributed by atoms with Gasteiger partial charge in [-0.2, -0.15) is 4.98 Å². The third-order valence-corrected chi connectivity index (χ3v) is 5.94. The average molecular weight is 400 g/mol. The van der Waals surface area contributed by atoms with Gasteiger partial charge in [-0.25, -0.2) is 8.42 Å². The van der Waals surface area contributed by atoms with Crippen LogP contribution in [0.4, 0.5) is 5.88 Å². The molecule has 0 spiro atoms. The Morgan fingerprint density at radius 1 is 1.07 bits per heavy atom. The van der Waals surface area contributed by atoms with Crippen molar-refractivity contribution in [1.29, 1.82) is 0 Å². The summed E-state index contributed by atoms with van der Waals surface area (Å²) in [6.07, 6.45) is 0. The fraction of sp³-hybridized carbons (Fsp3) is 0.250. The van der Waals surface area contributed by atoms with Crippen molar-refractivity contribution in [2.45, 2.75) is 23.8 Å². The van der Waals surface area contributed by atoms with Crippen LogP contribution in [0.5, 0.6) is 11.5 Å². The summed E-state index contributed by atoms with van der Waals surface area (Å²) >= 11 is 0. The van der Waals surface area contributed by atoms with Gasteiger partial charge in [0.1, 0.15) is 13.2 Å². The summed E-state index contributed by atoms with van der Waals surface area (Å²) in [5.74, 6) is 1.29. The Labute approximate surface area is 163 Å². The van der Waals surface area contributed by atoms with E-state index in [0.29, 0.717) is 36.8 Å². The van der Waals surface area contributed by atoms with E-state index in [1.165, 1.54) is 12.1 Å². The molecule has 1 aliphatic rings. The maximum Gasteiger partial charge on any atom is 0.233 e. The molecule has 7 nitrogen and oxygen atoms in total. The molecule has 1 aromatic heterocycles. The highest BCUT2D eigenvalue weighted by atomic mass is 32.2. The van der Waals surface area contributed by atoms with E-state index in [1.54, 1.807) is 6.07 Å². The Kier molecular flexibility index (Phi) is 4.72. The third kappa shape index (κ3) is 3.31. The van der Waals surface area contributed by atoms with E-state index in [2.05, 4.69) is 10.3 Å². The van der Waals surface area contributed by atoms with Gasteiger partial charge in [-0.3, -0.25) is 0 Å². The minimum Gasteiger partial charge on any atom is -0.486 e. The molecule has 0 saturated carbocycles. The van der Waals surface area contributed by atoms with E-state index in [0.717, 1.165) is 5.56 Å². The quantitative estimate of drug-likeness (QED) is 0.698. The summed E-state index contributed by atoms with van der Waals surface area (Å²) < 4.78 is 43.3. The van der Waals surface area contributed by atoms with Crippen molar-refractivity contribution in [2.75, 3.05) is 25.1 Å². The summed E-state index contributed by atoms with van der Waals surface area (Å²) in [4.78, 5) is 4.38. The molecule has 0 aliphatic carbocycles. The second-order valence-corrected chi connectivity index (χ2v) is 8.23. The largest absolute Gasteiger partial charge is 0.486 e. The lowest BCUT2D eigenvalue weighted by atomic mass is 10.1. The molecule has 0 unspecified atom stereocenters. The Morgan fingerprint density at radius 2 is 1.86 bits per heavy atom. The smallest absolute Gasteiger partial charge is 0.233 e. The predicted octanol–water partition coefficient (Wildman–Crippen LogP) is 3.69. The molecule has 0 fully saturated rings. The van der Waals surface area contributed by atoms with E-state index in [-0.39, 0.29) is 21.7 Å². The van der Waals surface area contributed by atoms with Crippen LogP contribution < -0.4 is 14.8 Å². The molecule has 2 aromatic carbocycles. The zero-order chi connectivity index (χ0) is 19.7. The second-order valence-electron chi connectivity index (χ2n) is 6.36. The summed E-state index contributed by atoms with van der Waals surface area (Å²) in [5.41, 5.74) is 1.74. The van der Waals surface area contributed by atoms with Gasteiger partial charge in [0.2, 0.25) is 26.6 Å². The number of aromatic nitrogens is 1. The minimum absolute atomic E-state index is 0.0694. The van der Waals surface area contributed by atoms with Gasteiger partial charge in [0.05, 0.1) is 4.90 Å². The number of benzene rings is 2. The van der Waals surface area contributed by atoms with Crippen molar-refractivity contribution in [3.63, 3.8) is 0 Å². The number of hydrogen-bond donors (Lipinski definition) is 1. The van der Waals surface area contributed by atoms with Crippen LogP contribution in [0.2, 0.25) is 0 Å². The van der Waals surface area contributed by atoms with Crippen LogP contribution in [-0.4, -0.2) is 33.2 Å². The van der Waals surface area contributed by atoms with Gasteiger partial charge in [-0.1, -0.05) is 17.7 Å². The van der Waals surface area contributed by atoms with Crippen LogP contribution >= 0.6 is 0 Å². The lowest BCUT2D eigenvalue weighted by molar-refractivity contribution is 0.171. The summed E-state index contributed by atoms with van der Waals surface area (Å²) in [7, 11) is -3.93. The number of nitrogens with one attached hydrogen (secondary N) is 1. The Balaban J connectivity index is 1.80. The van der Waals surface area contributed by atoms with Crippen LogP contribution in [0.25, 0.3) is 11.5 Å². The molecule has 146 valence electrons. The van der Waals surface area contributed by atoms with Gasteiger partial charge in [0.15, 0.2) is 11.5 Å². The molecule has 0 atom stereocenters. The van der Waals surface area contributed by atoms with E-state index < -0.39 is 9.84 Å². The van der Waals surface area contributed by atoms with Crippen molar-refractivity contribution < 1.29 is 22.3 Å². The van der Waals surface area contributed by atoms with E-state index in [4.69, 9.17) is 13.9 Å². The highest BCUT2D eigenvalue weighted by Crippen LogP contribution is 2.37. The van der Waals surface area contributed by atoms with Gasteiger partial charge < -0.3 is 19.2 Å². The molecular formula is C20H20N2O5S. The molecule has 0 bridgehead atoms. The standard InChI is InChI=1S/C20H20N2O5S/c1-3-21-19-20(22-18(27-19)14-6-4-5-13(2)11-14)28(23,24)15-7-8-16-17(12-15)26-10-9-25-16/h4-8,11-12,21H,3,9-10H2,1-2H3. The van der Waals surface area contributed by atoms with E-state index in [9.17, 15) is 8.42 Å². The monoisotopic (exact) mass is 400 g/mol. The maximum atomic E-state index is 13.3. The molecule has 1 N–H and O–H groups in total. The zero-order valence-corrected chi connectivity index (χ0v) is 16.4. The Bertz CT molecular complexity index is 1120. The number of aryl methyl sites for hydroxylation is 1. The van der Waals surface area contributed by atoms with Crippen molar-refractivity contribution in [3.8, 4) is 23.0 Å². The molecule has 3 aromatic rings. The highest BCUT2D eigenvalue weighted by Gasteiger charge is 2.29. The zero-order valence-electron chi connectivity index (χ0n) is 15.6. The first kappa shape index (κ1) is 18.4. The van der Waals surface area contributed by atoms with Gasteiger partial charge in [0.25, 0.3) is 0 Å². The van der Waals surface area contributed by atoms with Crippen molar-refractivity contribution in [2.24, 2.45) is 0 Å². The number of anilines is 1. The highest BCUT2D eigenvalue weighted by molar-refractivity contribution is 7.91. The maximum absolute atomic E-state index is 13.3. The number of sulfone groups is 1. The van der Waals surface area contributed by atoms with Gasteiger partial charge in [0, 0.05) is 18.2 Å². The summed E-state index contributed by atoms with van der Waals surface area (Å²) in [6, 6.07) is 12.1. The fourth-order valence-corrected chi connectivity index (χ4v) is 4.26. The Morgan fingerprint density at radius 3 is 2.61 bits per heavy atom. The van der Waals surface area contributed by atoms with E-state index in [1.807, 2.05) is 38.1 Å². The SMILES string of the molecule is CCNc1oc(-c2cccc(C)c2)nc1S(=O)(=O)c1ccc2c(c1)OCCO2. The van der Waals surface area contributed by atoms with Crippen LogP contribution in [0.15, 0.2) is 56.8 Å². The molecule has 0 amide bonds. The van der Waals surface area contributed by atoms with Crippen LogP contribution in [-0.2, 0) is 9.84 Å². The lowest BCUT2D eigenvalue weighted by Gasteiger charge is -2.18. The second kappa shape index (κ2) is 7.20. The number of ether oxygens (including phenoxy) is 2. The molecule has 8 heteroatoms. The molecule has 2 heterocycles. The van der Waals surface area contributed by atoms with Crippen molar-refractivity contribution in [3.05, 3.63) is 48.0 Å². The number of fused-ring (bicyclic) bond motifs is 1. The van der Waals surface area contributed by atoms with Crippen molar-refractivity contribution >= 4 is 15.7 Å². The predicted molar refractivity (Wildman–Crippen MR) is 104 cm³/mol. The first-order valence-electron chi connectivity index (χ1n) is 8.95. The average Bonchev–Trinajstić information content (AvgIpc) is 3.13. The van der Waals surface area contributed by atoms with Crippen LogP contribution in [0.3, 0.4) is 0 Å². The third-order valence-electron chi connectivity index (χ3n) is 4.28. The molecular weight excluding hydrogens is 380 g/mol. The van der Waals surface area contributed by atoms with Crippen molar-refractivity contribution in [1.82, 2.24) is 4.98 Å². The molecule has 0 saturated heterocycles. The molecule has 0 radical (unpaired) electrons. The summed E-state index contributed by atoms with van der Waals surface area (Å²) in [5, 5.41) is 2.80. The Hall–Kier alpha value is -3.00. The molecule has 4 rings (SSSR count). The number of hydrogen-bond acceptors (Lipinski definition) is 7. The number of nitrogens with zero attached hydrogens (tertiary/aromatic N) is 1. The van der Waals surface area contributed by atoms with Crippen LogP contribution in [0, 0.1) is 6.92 Å². The number of rotatable bonds is 5. The minimum atomic E-state index is -3.93. The topological polar surface area (TPSA) is 90.7 Å². The first-order chi connectivity index (χ1) is 13.5.